The average Bonchev–Trinajstić information content (AvgIpc) is 2.01. The van der Waals surface area contributed by atoms with Gasteiger partial charge in [-0.3, -0.25) is 0 Å². The Bertz CT molecular complexity index is 181. The summed E-state index contributed by atoms with van der Waals surface area (Å²) < 4.78 is 0. The quantitative estimate of drug-likeness (QED) is 0.442. The maximum Gasteiger partial charge on any atom is 0.140 e. The normalized spacial score (nSPS) is 33.6. The smallest absolute Gasteiger partial charge is 0.0998 e. The van der Waals surface area contributed by atoms with Gasteiger partial charge in [0.1, 0.15) is 6.71 Å². The summed E-state index contributed by atoms with van der Waals surface area (Å²) in [6, 6.07) is 0. The molecule has 2 bridgehead atoms. The van der Waals surface area contributed by atoms with Gasteiger partial charge in [0.25, 0.3) is 0 Å². The standard InChI is InChI=1S/C12H21B/c1-3-4-13-8-11-5-10(2)6-12(7-11)9-13/h11-12H,2-9H2,1H3. The Morgan fingerprint density at radius 3 is 2.46 bits per heavy atom. The van der Waals surface area contributed by atoms with Gasteiger partial charge in [0.2, 0.25) is 0 Å². The zero-order valence-corrected chi connectivity index (χ0v) is 8.89. The predicted octanol–water partition coefficient (Wildman–Crippen LogP) is 3.88. The second kappa shape index (κ2) is 3.90. The van der Waals surface area contributed by atoms with E-state index < -0.39 is 0 Å². The van der Waals surface area contributed by atoms with Crippen LogP contribution in [0.4, 0.5) is 0 Å². The van der Waals surface area contributed by atoms with Gasteiger partial charge in [-0.15, -0.1) is 0 Å². The van der Waals surface area contributed by atoms with Gasteiger partial charge in [0, 0.05) is 0 Å². The van der Waals surface area contributed by atoms with E-state index in [0.29, 0.717) is 0 Å². The summed E-state index contributed by atoms with van der Waals surface area (Å²) in [5.41, 5.74) is 1.54. The molecule has 0 aromatic carbocycles. The number of fused-ring (bicyclic) bond motifs is 2. The van der Waals surface area contributed by atoms with Crippen LogP contribution < -0.4 is 0 Å². The third-order valence-electron chi connectivity index (χ3n) is 3.85. The van der Waals surface area contributed by atoms with Crippen molar-refractivity contribution in [3.05, 3.63) is 12.2 Å². The lowest BCUT2D eigenvalue weighted by molar-refractivity contribution is 0.335. The largest absolute Gasteiger partial charge is 0.140 e. The second-order valence-electron chi connectivity index (χ2n) is 5.25. The van der Waals surface area contributed by atoms with Crippen molar-refractivity contribution in [3.8, 4) is 0 Å². The van der Waals surface area contributed by atoms with Crippen molar-refractivity contribution in [1.82, 2.24) is 0 Å². The van der Waals surface area contributed by atoms with E-state index in [9.17, 15) is 0 Å². The molecule has 1 saturated heterocycles. The molecular weight excluding hydrogens is 155 g/mol. The van der Waals surface area contributed by atoms with Gasteiger partial charge in [-0.05, 0) is 31.1 Å². The van der Waals surface area contributed by atoms with Crippen molar-refractivity contribution in [3.63, 3.8) is 0 Å². The van der Waals surface area contributed by atoms with E-state index in [1.807, 2.05) is 0 Å². The second-order valence-corrected chi connectivity index (χ2v) is 5.25. The zero-order chi connectivity index (χ0) is 9.26. The van der Waals surface area contributed by atoms with E-state index in [-0.39, 0.29) is 0 Å². The van der Waals surface area contributed by atoms with Crippen LogP contribution in [-0.2, 0) is 0 Å². The highest BCUT2D eigenvalue weighted by molar-refractivity contribution is 6.59. The Morgan fingerprint density at radius 2 is 1.92 bits per heavy atom. The predicted molar refractivity (Wildman–Crippen MR) is 60.4 cm³/mol. The lowest BCUT2D eigenvalue weighted by Gasteiger charge is -2.38. The summed E-state index contributed by atoms with van der Waals surface area (Å²) in [4.78, 5) is 0. The molecule has 0 N–H and O–H groups in total. The van der Waals surface area contributed by atoms with Crippen LogP contribution in [0.1, 0.15) is 32.6 Å². The molecule has 2 unspecified atom stereocenters. The third-order valence-corrected chi connectivity index (χ3v) is 3.85. The maximum atomic E-state index is 4.17. The van der Waals surface area contributed by atoms with Crippen molar-refractivity contribution < 1.29 is 0 Å². The first-order chi connectivity index (χ1) is 6.28. The summed E-state index contributed by atoms with van der Waals surface area (Å²) >= 11 is 0. The first-order valence-electron chi connectivity index (χ1n) is 5.94. The molecule has 1 aliphatic heterocycles. The molecule has 0 radical (unpaired) electrons. The molecule has 2 fully saturated rings. The fourth-order valence-corrected chi connectivity index (χ4v) is 3.58. The molecule has 2 aliphatic rings. The minimum absolute atomic E-state index is 1.01. The highest BCUT2D eigenvalue weighted by Gasteiger charge is 2.33. The highest BCUT2D eigenvalue weighted by atomic mass is 14.3. The molecule has 1 heterocycles. The van der Waals surface area contributed by atoms with Crippen molar-refractivity contribution in [2.24, 2.45) is 11.8 Å². The lowest BCUT2D eigenvalue weighted by atomic mass is 9.34. The lowest BCUT2D eigenvalue weighted by Crippen LogP contribution is -2.32. The Kier molecular flexibility index (Phi) is 2.81. The van der Waals surface area contributed by atoms with E-state index >= 15 is 0 Å². The van der Waals surface area contributed by atoms with Crippen LogP contribution in [0.25, 0.3) is 0 Å². The van der Waals surface area contributed by atoms with E-state index in [2.05, 4.69) is 13.5 Å². The molecule has 0 spiro atoms. The molecule has 1 heteroatoms. The summed E-state index contributed by atoms with van der Waals surface area (Å²) in [5.74, 6) is 2.02. The van der Waals surface area contributed by atoms with Crippen LogP contribution in [0.2, 0.25) is 19.0 Å². The Balaban J connectivity index is 1.93. The van der Waals surface area contributed by atoms with Gasteiger partial charge in [-0.1, -0.05) is 44.5 Å². The summed E-state index contributed by atoms with van der Waals surface area (Å²) in [5, 5.41) is 0. The molecule has 0 nitrogen and oxygen atoms in total. The van der Waals surface area contributed by atoms with Crippen LogP contribution in [0.5, 0.6) is 0 Å². The van der Waals surface area contributed by atoms with Crippen LogP contribution >= 0.6 is 0 Å². The third kappa shape index (κ3) is 2.18. The van der Waals surface area contributed by atoms with Gasteiger partial charge >= 0.3 is 0 Å². The Morgan fingerprint density at radius 1 is 1.31 bits per heavy atom. The first-order valence-corrected chi connectivity index (χ1v) is 5.94. The van der Waals surface area contributed by atoms with Crippen LogP contribution in [0, 0.1) is 11.8 Å². The zero-order valence-electron chi connectivity index (χ0n) is 8.89. The molecular formula is C12H21B. The summed E-state index contributed by atoms with van der Waals surface area (Å²) in [6.07, 6.45) is 10.1. The molecule has 72 valence electrons. The number of hydrogen-bond donors (Lipinski definition) is 0. The van der Waals surface area contributed by atoms with Gasteiger partial charge in [0.05, 0.1) is 0 Å². The monoisotopic (exact) mass is 176 g/mol. The van der Waals surface area contributed by atoms with Gasteiger partial charge < -0.3 is 0 Å². The number of rotatable bonds is 2. The molecule has 2 atom stereocenters. The average molecular weight is 176 g/mol. The fourth-order valence-electron chi connectivity index (χ4n) is 3.58. The first kappa shape index (κ1) is 9.36. The summed E-state index contributed by atoms with van der Waals surface area (Å²) in [7, 11) is 0. The van der Waals surface area contributed by atoms with E-state index in [4.69, 9.17) is 0 Å². The SMILES string of the molecule is C=C1CC2CB(CCC)CC(C1)C2. The van der Waals surface area contributed by atoms with E-state index in [1.54, 1.807) is 0 Å². The van der Waals surface area contributed by atoms with Crippen LogP contribution in [0.3, 0.4) is 0 Å². The van der Waals surface area contributed by atoms with Gasteiger partial charge in [-0.2, -0.15) is 0 Å². The van der Waals surface area contributed by atoms with E-state index in [1.165, 1.54) is 50.2 Å². The van der Waals surface area contributed by atoms with Gasteiger partial charge in [0.15, 0.2) is 0 Å². The minimum atomic E-state index is 1.01. The molecule has 13 heavy (non-hydrogen) atoms. The molecule has 0 aromatic rings. The number of hydrogen-bond acceptors (Lipinski definition) is 0. The van der Waals surface area contributed by atoms with Gasteiger partial charge in [-0.25, -0.2) is 0 Å². The maximum absolute atomic E-state index is 4.17. The molecule has 0 aromatic heterocycles. The highest BCUT2D eigenvalue weighted by Crippen LogP contribution is 2.43. The Hall–Kier alpha value is -0.195. The molecule has 2 rings (SSSR count). The van der Waals surface area contributed by atoms with Crippen LogP contribution in [0.15, 0.2) is 12.2 Å². The molecule has 1 saturated carbocycles. The van der Waals surface area contributed by atoms with Crippen molar-refractivity contribution in [1.29, 1.82) is 0 Å². The Labute approximate surface area is 82.9 Å². The fraction of sp³-hybridized carbons (Fsp3) is 0.833. The van der Waals surface area contributed by atoms with Crippen LogP contribution in [-0.4, -0.2) is 6.71 Å². The minimum Gasteiger partial charge on any atom is -0.0998 e. The van der Waals surface area contributed by atoms with E-state index in [0.717, 1.165) is 18.5 Å². The van der Waals surface area contributed by atoms with Crippen molar-refractivity contribution >= 4 is 6.71 Å². The molecule has 0 amide bonds. The van der Waals surface area contributed by atoms with Crippen molar-refractivity contribution in [2.45, 2.75) is 51.6 Å². The molecule has 1 aliphatic carbocycles. The topological polar surface area (TPSA) is 0 Å². The van der Waals surface area contributed by atoms with Crippen molar-refractivity contribution in [2.75, 3.05) is 0 Å². The number of allylic oxidation sites excluding steroid dienone is 1. The summed E-state index contributed by atoms with van der Waals surface area (Å²) in [6.45, 7) is 7.55.